The number of nitrogens with zero attached hydrogens (tertiary/aromatic N) is 2. The summed E-state index contributed by atoms with van der Waals surface area (Å²) < 4.78 is 5.43. The van der Waals surface area contributed by atoms with E-state index in [0.717, 1.165) is 48.4 Å². The van der Waals surface area contributed by atoms with E-state index in [1.54, 1.807) is 0 Å². The van der Waals surface area contributed by atoms with Crippen LogP contribution in [0.25, 0.3) is 0 Å². The third-order valence-electron chi connectivity index (χ3n) is 4.08. The molecule has 1 aromatic carbocycles. The zero-order chi connectivity index (χ0) is 14.8. The average molecular weight is 284 g/mol. The van der Waals surface area contributed by atoms with Crippen molar-refractivity contribution in [2.45, 2.75) is 39.2 Å². The number of benzene rings is 1. The molecule has 4 heteroatoms. The van der Waals surface area contributed by atoms with E-state index >= 15 is 0 Å². The molecule has 1 aliphatic heterocycles. The van der Waals surface area contributed by atoms with Crippen LogP contribution in [0.5, 0.6) is 0 Å². The van der Waals surface area contributed by atoms with E-state index in [1.807, 2.05) is 49.1 Å². The maximum atomic E-state index is 12.7. The first-order valence-electron chi connectivity index (χ1n) is 7.52. The molecular weight excluding hydrogens is 264 g/mol. The largest absolute Gasteiger partial charge is 0.359 e. The van der Waals surface area contributed by atoms with Gasteiger partial charge >= 0.3 is 0 Å². The van der Waals surface area contributed by atoms with Crippen LogP contribution in [0, 0.1) is 6.92 Å². The number of hydrogen-bond donors (Lipinski definition) is 0. The van der Waals surface area contributed by atoms with Crippen LogP contribution < -0.4 is 0 Å². The monoisotopic (exact) mass is 284 g/mol. The molecule has 110 valence electrons. The smallest absolute Gasteiger partial charge is 0.254 e. The number of rotatable bonds is 3. The number of aromatic nitrogens is 1. The van der Waals surface area contributed by atoms with Gasteiger partial charge in [-0.25, -0.2) is 0 Å². The molecule has 0 spiro atoms. The van der Waals surface area contributed by atoms with Gasteiger partial charge in [-0.3, -0.25) is 4.79 Å². The van der Waals surface area contributed by atoms with E-state index in [2.05, 4.69) is 5.16 Å². The minimum absolute atomic E-state index is 0.0200. The van der Waals surface area contributed by atoms with Gasteiger partial charge in [0.05, 0.1) is 11.7 Å². The lowest BCUT2D eigenvalue weighted by Crippen LogP contribution is -2.30. The zero-order valence-corrected chi connectivity index (χ0v) is 12.5. The highest BCUT2D eigenvalue weighted by Gasteiger charge is 2.33. The second-order valence-corrected chi connectivity index (χ2v) is 5.60. The van der Waals surface area contributed by atoms with Crippen molar-refractivity contribution in [2.24, 2.45) is 0 Å². The fraction of sp³-hybridized carbons (Fsp3) is 0.412. The molecule has 0 unspecified atom stereocenters. The maximum Gasteiger partial charge on any atom is 0.254 e. The third kappa shape index (κ3) is 2.71. The van der Waals surface area contributed by atoms with Crippen molar-refractivity contribution >= 4 is 5.91 Å². The summed E-state index contributed by atoms with van der Waals surface area (Å²) in [7, 11) is 0. The number of carbonyl (C=O) groups is 1. The predicted molar refractivity (Wildman–Crippen MR) is 80.1 cm³/mol. The molecule has 0 aliphatic carbocycles. The summed E-state index contributed by atoms with van der Waals surface area (Å²) in [5.74, 6) is 0.886. The summed E-state index contributed by atoms with van der Waals surface area (Å²) >= 11 is 0. The van der Waals surface area contributed by atoms with Crippen LogP contribution in [-0.4, -0.2) is 22.5 Å². The highest BCUT2D eigenvalue weighted by atomic mass is 16.5. The molecule has 2 heterocycles. The van der Waals surface area contributed by atoms with Crippen LogP contribution in [0.3, 0.4) is 0 Å². The van der Waals surface area contributed by atoms with Crippen LogP contribution in [0.2, 0.25) is 0 Å². The molecule has 1 saturated heterocycles. The van der Waals surface area contributed by atoms with Gasteiger partial charge in [0.15, 0.2) is 5.76 Å². The van der Waals surface area contributed by atoms with Gasteiger partial charge in [-0.2, -0.15) is 0 Å². The Labute approximate surface area is 124 Å². The summed E-state index contributed by atoms with van der Waals surface area (Å²) in [6.07, 6.45) is 2.79. The van der Waals surface area contributed by atoms with Gasteiger partial charge in [0.25, 0.3) is 5.91 Å². The number of aryl methyl sites for hydroxylation is 2. The van der Waals surface area contributed by atoms with Crippen molar-refractivity contribution in [1.29, 1.82) is 0 Å². The molecule has 1 aliphatic rings. The van der Waals surface area contributed by atoms with E-state index < -0.39 is 0 Å². The molecule has 4 nitrogen and oxygen atoms in total. The van der Waals surface area contributed by atoms with Gasteiger partial charge in [0.1, 0.15) is 0 Å². The molecule has 3 rings (SSSR count). The Morgan fingerprint density at radius 2 is 2.14 bits per heavy atom. The SMILES string of the molecule is CCc1cc([C@H]2CCCN2C(=O)c2ccc(C)cc2)on1. The lowest BCUT2D eigenvalue weighted by atomic mass is 10.1. The van der Waals surface area contributed by atoms with Crippen LogP contribution in [0.15, 0.2) is 34.9 Å². The second kappa shape index (κ2) is 5.72. The van der Waals surface area contributed by atoms with Crippen molar-refractivity contribution in [3.8, 4) is 0 Å². The van der Waals surface area contributed by atoms with E-state index in [4.69, 9.17) is 4.52 Å². The fourth-order valence-electron chi connectivity index (χ4n) is 2.82. The van der Waals surface area contributed by atoms with Crippen LogP contribution in [-0.2, 0) is 6.42 Å². The van der Waals surface area contributed by atoms with E-state index in [-0.39, 0.29) is 11.9 Å². The van der Waals surface area contributed by atoms with Crippen LogP contribution in [0.1, 0.15) is 53.2 Å². The van der Waals surface area contributed by atoms with E-state index in [0.29, 0.717) is 0 Å². The van der Waals surface area contributed by atoms with Crippen molar-refractivity contribution in [3.63, 3.8) is 0 Å². The molecule has 1 fully saturated rings. The first-order chi connectivity index (χ1) is 10.2. The second-order valence-electron chi connectivity index (χ2n) is 5.60. The standard InChI is InChI=1S/C17H20N2O2/c1-3-14-11-16(21-18-14)15-5-4-10-19(15)17(20)13-8-6-12(2)7-9-13/h6-9,11,15H,3-5,10H2,1-2H3/t15-/m1/s1. The molecule has 1 amide bonds. The topological polar surface area (TPSA) is 46.3 Å². The normalized spacial score (nSPS) is 18.2. The molecule has 1 atom stereocenters. The lowest BCUT2D eigenvalue weighted by Gasteiger charge is -2.22. The Bertz CT molecular complexity index is 630. The van der Waals surface area contributed by atoms with Gasteiger partial charge in [-0.15, -0.1) is 0 Å². The quantitative estimate of drug-likeness (QED) is 0.866. The zero-order valence-electron chi connectivity index (χ0n) is 12.5. The first-order valence-corrected chi connectivity index (χ1v) is 7.52. The molecule has 0 radical (unpaired) electrons. The molecule has 2 aromatic rings. The van der Waals surface area contributed by atoms with Gasteiger partial charge in [0, 0.05) is 18.2 Å². The summed E-state index contributed by atoms with van der Waals surface area (Å²) in [5, 5.41) is 4.04. The summed E-state index contributed by atoms with van der Waals surface area (Å²) in [6.45, 7) is 4.85. The van der Waals surface area contributed by atoms with E-state index in [9.17, 15) is 4.79 Å². The molecule has 0 bridgehead atoms. The highest BCUT2D eigenvalue weighted by molar-refractivity contribution is 5.94. The number of likely N-dealkylation sites (tertiary alicyclic amines) is 1. The van der Waals surface area contributed by atoms with Gasteiger partial charge in [-0.1, -0.05) is 29.8 Å². The maximum absolute atomic E-state index is 12.7. The molecule has 0 saturated carbocycles. The van der Waals surface area contributed by atoms with Gasteiger partial charge < -0.3 is 9.42 Å². The van der Waals surface area contributed by atoms with E-state index in [1.165, 1.54) is 0 Å². The Hall–Kier alpha value is -2.10. The predicted octanol–water partition coefficient (Wildman–Crippen LogP) is 3.52. The fourth-order valence-corrected chi connectivity index (χ4v) is 2.82. The van der Waals surface area contributed by atoms with Gasteiger partial charge in [0.2, 0.25) is 0 Å². The number of hydrogen-bond acceptors (Lipinski definition) is 3. The number of carbonyl (C=O) groups excluding carboxylic acids is 1. The minimum atomic E-state index is 0.0200. The van der Waals surface area contributed by atoms with Crippen molar-refractivity contribution in [1.82, 2.24) is 10.1 Å². The van der Waals surface area contributed by atoms with Gasteiger partial charge in [-0.05, 0) is 38.3 Å². The Balaban J connectivity index is 1.83. The summed E-state index contributed by atoms with van der Waals surface area (Å²) in [4.78, 5) is 14.6. The molecule has 21 heavy (non-hydrogen) atoms. The van der Waals surface area contributed by atoms with Crippen LogP contribution in [0.4, 0.5) is 0 Å². The van der Waals surface area contributed by atoms with Crippen LogP contribution >= 0.6 is 0 Å². The summed E-state index contributed by atoms with van der Waals surface area (Å²) in [5.41, 5.74) is 2.84. The van der Waals surface area contributed by atoms with Crippen molar-refractivity contribution in [3.05, 3.63) is 52.9 Å². The average Bonchev–Trinajstić information content (AvgIpc) is 3.15. The lowest BCUT2D eigenvalue weighted by molar-refractivity contribution is 0.0714. The highest BCUT2D eigenvalue weighted by Crippen LogP contribution is 2.33. The molecule has 1 aromatic heterocycles. The van der Waals surface area contributed by atoms with Crippen molar-refractivity contribution < 1.29 is 9.32 Å². The Morgan fingerprint density at radius 3 is 2.81 bits per heavy atom. The molecule has 0 N–H and O–H groups in total. The Kier molecular flexibility index (Phi) is 3.78. The number of amides is 1. The van der Waals surface area contributed by atoms with Crippen molar-refractivity contribution in [2.75, 3.05) is 6.54 Å². The summed E-state index contributed by atoms with van der Waals surface area (Å²) in [6, 6.07) is 9.73. The molecular formula is C17H20N2O2. The third-order valence-corrected chi connectivity index (χ3v) is 4.08. The Morgan fingerprint density at radius 1 is 1.38 bits per heavy atom. The minimum Gasteiger partial charge on any atom is -0.359 e. The first kappa shape index (κ1) is 13.9.